The van der Waals surface area contributed by atoms with E-state index in [2.05, 4.69) is 0 Å². The normalized spacial score (nSPS) is 36.2. The Balaban J connectivity index is 2.15. The third-order valence-corrected chi connectivity index (χ3v) is 2.99. The van der Waals surface area contributed by atoms with Crippen molar-refractivity contribution in [2.75, 3.05) is 0 Å². The standard InChI is InChI=1S/C12H16O4/c1-7-9(13)11(15)12(16-7)10(14)8-5-3-2-4-6-8/h2-7,9-15H,1H3. The lowest BCUT2D eigenvalue weighted by atomic mass is 9.99. The van der Waals surface area contributed by atoms with Gasteiger partial charge in [-0.1, -0.05) is 30.3 Å². The lowest BCUT2D eigenvalue weighted by Gasteiger charge is -2.21. The monoisotopic (exact) mass is 224 g/mol. The largest absolute Gasteiger partial charge is 0.388 e. The third kappa shape index (κ3) is 1.97. The van der Waals surface area contributed by atoms with Crippen molar-refractivity contribution in [3.63, 3.8) is 0 Å². The van der Waals surface area contributed by atoms with Gasteiger partial charge in [-0.3, -0.25) is 0 Å². The number of ether oxygens (including phenoxy) is 1. The number of aliphatic hydroxyl groups is 3. The Kier molecular flexibility index (Phi) is 3.25. The van der Waals surface area contributed by atoms with Crippen molar-refractivity contribution in [1.29, 1.82) is 0 Å². The molecule has 1 saturated heterocycles. The number of rotatable bonds is 2. The molecule has 1 fully saturated rings. The highest BCUT2D eigenvalue weighted by Gasteiger charge is 2.44. The molecule has 0 aliphatic carbocycles. The van der Waals surface area contributed by atoms with Gasteiger partial charge >= 0.3 is 0 Å². The first kappa shape index (κ1) is 11.5. The summed E-state index contributed by atoms with van der Waals surface area (Å²) in [5, 5.41) is 29.3. The second-order valence-corrected chi connectivity index (χ2v) is 4.14. The Labute approximate surface area is 94.1 Å². The lowest BCUT2D eigenvalue weighted by Crippen LogP contribution is -2.34. The first-order chi connectivity index (χ1) is 7.61. The Bertz CT molecular complexity index is 340. The first-order valence-electron chi connectivity index (χ1n) is 5.36. The molecule has 0 aromatic heterocycles. The van der Waals surface area contributed by atoms with Gasteiger partial charge in [0.25, 0.3) is 0 Å². The van der Waals surface area contributed by atoms with Crippen molar-refractivity contribution >= 4 is 0 Å². The van der Waals surface area contributed by atoms with E-state index in [1.807, 2.05) is 6.07 Å². The predicted molar refractivity (Wildman–Crippen MR) is 57.8 cm³/mol. The zero-order valence-electron chi connectivity index (χ0n) is 9.02. The van der Waals surface area contributed by atoms with E-state index in [4.69, 9.17) is 4.74 Å². The third-order valence-electron chi connectivity index (χ3n) is 2.99. The molecule has 1 aliphatic heterocycles. The highest BCUT2D eigenvalue weighted by molar-refractivity contribution is 5.19. The highest BCUT2D eigenvalue weighted by atomic mass is 16.6. The van der Waals surface area contributed by atoms with Gasteiger partial charge in [-0.25, -0.2) is 0 Å². The maximum atomic E-state index is 10.0. The smallest absolute Gasteiger partial charge is 0.116 e. The van der Waals surface area contributed by atoms with Crippen LogP contribution in [0.25, 0.3) is 0 Å². The van der Waals surface area contributed by atoms with E-state index in [0.29, 0.717) is 5.56 Å². The quantitative estimate of drug-likeness (QED) is 0.672. The second-order valence-electron chi connectivity index (χ2n) is 4.14. The second kappa shape index (κ2) is 4.51. The van der Waals surface area contributed by atoms with Gasteiger partial charge in [-0.15, -0.1) is 0 Å². The summed E-state index contributed by atoms with van der Waals surface area (Å²) in [6.45, 7) is 1.67. The Morgan fingerprint density at radius 1 is 1.12 bits per heavy atom. The van der Waals surface area contributed by atoms with Crippen LogP contribution in [0.2, 0.25) is 0 Å². The molecule has 16 heavy (non-hydrogen) atoms. The number of hydrogen-bond acceptors (Lipinski definition) is 4. The van der Waals surface area contributed by atoms with Crippen LogP contribution >= 0.6 is 0 Å². The molecule has 4 heteroatoms. The van der Waals surface area contributed by atoms with Crippen molar-refractivity contribution in [3.05, 3.63) is 35.9 Å². The van der Waals surface area contributed by atoms with E-state index in [1.54, 1.807) is 31.2 Å². The molecular weight excluding hydrogens is 208 g/mol. The van der Waals surface area contributed by atoms with Gasteiger partial charge in [-0.05, 0) is 12.5 Å². The molecule has 0 spiro atoms. The van der Waals surface area contributed by atoms with E-state index in [0.717, 1.165) is 0 Å². The molecule has 1 aliphatic rings. The van der Waals surface area contributed by atoms with E-state index >= 15 is 0 Å². The molecule has 3 N–H and O–H groups in total. The van der Waals surface area contributed by atoms with Gasteiger partial charge < -0.3 is 20.1 Å². The number of hydrogen-bond donors (Lipinski definition) is 3. The van der Waals surface area contributed by atoms with Crippen molar-refractivity contribution < 1.29 is 20.1 Å². The summed E-state index contributed by atoms with van der Waals surface area (Å²) in [6, 6.07) is 8.98. The molecule has 0 radical (unpaired) electrons. The molecule has 5 unspecified atom stereocenters. The van der Waals surface area contributed by atoms with E-state index in [9.17, 15) is 15.3 Å². The molecule has 1 aromatic carbocycles. The zero-order chi connectivity index (χ0) is 11.7. The van der Waals surface area contributed by atoms with Gasteiger partial charge in [0.15, 0.2) is 0 Å². The fraction of sp³-hybridized carbons (Fsp3) is 0.500. The molecule has 2 rings (SSSR count). The molecule has 0 amide bonds. The molecule has 0 saturated carbocycles. The summed E-state index contributed by atoms with van der Waals surface area (Å²) >= 11 is 0. The molecule has 1 aromatic rings. The summed E-state index contributed by atoms with van der Waals surface area (Å²) < 4.78 is 5.35. The molecule has 5 atom stereocenters. The average molecular weight is 224 g/mol. The van der Waals surface area contributed by atoms with Crippen LogP contribution in [-0.2, 0) is 4.74 Å². The highest BCUT2D eigenvalue weighted by Crippen LogP contribution is 2.30. The maximum Gasteiger partial charge on any atom is 0.116 e. The molecule has 88 valence electrons. The van der Waals surface area contributed by atoms with Crippen molar-refractivity contribution in [2.24, 2.45) is 0 Å². The van der Waals surface area contributed by atoms with Crippen LogP contribution in [0.4, 0.5) is 0 Å². The molecule has 1 heterocycles. The Morgan fingerprint density at radius 2 is 1.75 bits per heavy atom. The molecule has 4 nitrogen and oxygen atoms in total. The molecular formula is C12H16O4. The zero-order valence-corrected chi connectivity index (χ0v) is 9.02. The summed E-state index contributed by atoms with van der Waals surface area (Å²) in [5.74, 6) is 0. The summed E-state index contributed by atoms with van der Waals surface area (Å²) in [5.41, 5.74) is 0.674. The first-order valence-corrected chi connectivity index (χ1v) is 5.36. The summed E-state index contributed by atoms with van der Waals surface area (Å²) in [4.78, 5) is 0. The Hall–Kier alpha value is -0.940. The average Bonchev–Trinajstić information content (AvgIpc) is 2.57. The van der Waals surface area contributed by atoms with Crippen molar-refractivity contribution in [1.82, 2.24) is 0 Å². The fourth-order valence-corrected chi connectivity index (χ4v) is 1.98. The van der Waals surface area contributed by atoms with Crippen LogP contribution < -0.4 is 0 Å². The van der Waals surface area contributed by atoms with Crippen LogP contribution in [0.15, 0.2) is 30.3 Å². The van der Waals surface area contributed by atoms with E-state index < -0.39 is 30.5 Å². The van der Waals surface area contributed by atoms with Crippen LogP contribution in [-0.4, -0.2) is 39.7 Å². The van der Waals surface area contributed by atoms with Crippen LogP contribution in [0.1, 0.15) is 18.6 Å². The number of benzene rings is 1. The van der Waals surface area contributed by atoms with Gasteiger partial charge in [-0.2, -0.15) is 0 Å². The number of aliphatic hydroxyl groups excluding tert-OH is 3. The van der Waals surface area contributed by atoms with Gasteiger partial charge in [0.05, 0.1) is 6.10 Å². The minimum atomic E-state index is -1.05. The molecule has 0 bridgehead atoms. The summed E-state index contributed by atoms with van der Waals surface area (Å²) in [6.07, 6.45) is -4.14. The fourth-order valence-electron chi connectivity index (χ4n) is 1.98. The minimum Gasteiger partial charge on any atom is -0.388 e. The SMILES string of the molecule is CC1OC(C(O)c2ccccc2)C(O)C1O. The van der Waals surface area contributed by atoms with Gasteiger partial charge in [0.2, 0.25) is 0 Å². The van der Waals surface area contributed by atoms with Crippen LogP contribution in [0, 0.1) is 0 Å². The van der Waals surface area contributed by atoms with E-state index in [1.165, 1.54) is 0 Å². The van der Waals surface area contributed by atoms with Crippen molar-refractivity contribution in [3.8, 4) is 0 Å². The minimum absolute atomic E-state index is 0.460. The van der Waals surface area contributed by atoms with Crippen molar-refractivity contribution in [2.45, 2.75) is 37.4 Å². The van der Waals surface area contributed by atoms with Gasteiger partial charge in [0, 0.05) is 0 Å². The topological polar surface area (TPSA) is 69.9 Å². The lowest BCUT2D eigenvalue weighted by molar-refractivity contribution is -0.0635. The maximum absolute atomic E-state index is 10.0. The van der Waals surface area contributed by atoms with Gasteiger partial charge in [0.1, 0.15) is 24.4 Å². The summed E-state index contributed by atoms with van der Waals surface area (Å²) in [7, 11) is 0. The van der Waals surface area contributed by atoms with Crippen LogP contribution in [0.3, 0.4) is 0 Å². The predicted octanol–water partition coefficient (Wildman–Crippen LogP) is 0.229. The Morgan fingerprint density at radius 3 is 2.25 bits per heavy atom. The van der Waals surface area contributed by atoms with E-state index in [-0.39, 0.29) is 0 Å². The van der Waals surface area contributed by atoms with Crippen LogP contribution in [0.5, 0.6) is 0 Å².